The van der Waals surface area contributed by atoms with E-state index < -0.39 is 11.6 Å². The fourth-order valence-corrected chi connectivity index (χ4v) is 2.61. The third kappa shape index (κ3) is 3.29. The van der Waals surface area contributed by atoms with Crippen LogP contribution in [0.25, 0.3) is 0 Å². The van der Waals surface area contributed by atoms with Crippen LogP contribution in [-0.2, 0) is 0 Å². The highest BCUT2D eigenvalue weighted by Crippen LogP contribution is 2.26. The highest BCUT2D eigenvalue weighted by atomic mass is 19.1. The third-order valence-electron chi connectivity index (χ3n) is 3.79. The minimum atomic E-state index is -0.481. The van der Waals surface area contributed by atoms with Crippen LogP contribution in [0.3, 0.4) is 0 Å². The topological polar surface area (TPSA) is 26.7 Å². The molecule has 1 saturated heterocycles. The lowest BCUT2D eigenvalue weighted by Gasteiger charge is -2.38. The van der Waals surface area contributed by atoms with Crippen molar-refractivity contribution >= 4 is 0 Å². The molecule has 1 aliphatic rings. The van der Waals surface area contributed by atoms with Crippen molar-refractivity contribution in [3.05, 3.63) is 35.4 Å². The van der Waals surface area contributed by atoms with Gasteiger partial charge in [-0.3, -0.25) is 9.80 Å². The molecule has 106 valence electrons. The summed E-state index contributed by atoms with van der Waals surface area (Å²) in [5, 5.41) is 8.89. The number of rotatable bonds is 4. The molecule has 3 nitrogen and oxygen atoms in total. The molecule has 2 rings (SSSR count). The van der Waals surface area contributed by atoms with Gasteiger partial charge in [-0.15, -0.1) is 0 Å². The first-order valence-electron chi connectivity index (χ1n) is 6.64. The molecule has 1 aromatic carbocycles. The molecule has 1 fully saturated rings. The zero-order valence-electron chi connectivity index (χ0n) is 11.1. The number of hydrogen-bond donors (Lipinski definition) is 1. The highest BCUT2D eigenvalue weighted by Gasteiger charge is 2.25. The third-order valence-corrected chi connectivity index (χ3v) is 3.79. The second-order valence-electron chi connectivity index (χ2n) is 4.91. The van der Waals surface area contributed by atoms with Gasteiger partial charge in [-0.25, -0.2) is 8.78 Å². The minimum Gasteiger partial charge on any atom is -0.395 e. The van der Waals surface area contributed by atoms with Gasteiger partial charge in [0.15, 0.2) is 0 Å². The SMILES string of the molecule is CC(c1c(F)cccc1F)N1CCN(CCO)CC1. The fourth-order valence-electron chi connectivity index (χ4n) is 2.61. The Labute approximate surface area is 112 Å². The van der Waals surface area contributed by atoms with Crippen LogP contribution in [0.2, 0.25) is 0 Å². The average Bonchev–Trinajstić information content (AvgIpc) is 2.39. The lowest BCUT2D eigenvalue weighted by molar-refractivity contribution is 0.0865. The second-order valence-corrected chi connectivity index (χ2v) is 4.91. The summed E-state index contributed by atoms with van der Waals surface area (Å²) in [6.07, 6.45) is 0. The Morgan fingerprint density at radius 3 is 2.26 bits per heavy atom. The van der Waals surface area contributed by atoms with Crippen molar-refractivity contribution in [2.24, 2.45) is 0 Å². The number of nitrogens with zero attached hydrogens (tertiary/aromatic N) is 2. The smallest absolute Gasteiger partial charge is 0.130 e. The van der Waals surface area contributed by atoms with Crippen molar-refractivity contribution in [1.29, 1.82) is 0 Å². The molecule has 1 atom stereocenters. The van der Waals surface area contributed by atoms with Crippen LogP contribution in [-0.4, -0.2) is 54.2 Å². The van der Waals surface area contributed by atoms with Crippen LogP contribution in [0.1, 0.15) is 18.5 Å². The van der Waals surface area contributed by atoms with E-state index in [2.05, 4.69) is 9.80 Å². The van der Waals surface area contributed by atoms with Crippen LogP contribution >= 0.6 is 0 Å². The molecule has 1 aromatic rings. The van der Waals surface area contributed by atoms with Gasteiger partial charge in [0.05, 0.1) is 6.61 Å². The summed E-state index contributed by atoms with van der Waals surface area (Å²) in [5.41, 5.74) is 0.151. The number of β-amino-alcohol motifs (C(OH)–C–C–N with tert-alkyl or cyclic N) is 1. The van der Waals surface area contributed by atoms with Crippen molar-refractivity contribution < 1.29 is 13.9 Å². The molecule has 0 bridgehead atoms. The average molecular weight is 270 g/mol. The molecule has 0 radical (unpaired) electrons. The van der Waals surface area contributed by atoms with E-state index in [4.69, 9.17) is 5.11 Å². The van der Waals surface area contributed by atoms with E-state index in [1.54, 1.807) is 0 Å². The summed E-state index contributed by atoms with van der Waals surface area (Å²) < 4.78 is 27.5. The van der Waals surface area contributed by atoms with E-state index in [1.165, 1.54) is 18.2 Å². The van der Waals surface area contributed by atoms with Gasteiger partial charge in [-0.1, -0.05) is 6.07 Å². The first kappa shape index (κ1) is 14.4. The van der Waals surface area contributed by atoms with Gasteiger partial charge in [0.1, 0.15) is 11.6 Å². The van der Waals surface area contributed by atoms with Gasteiger partial charge in [0, 0.05) is 44.3 Å². The largest absolute Gasteiger partial charge is 0.395 e. The van der Waals surface area contributed by atoms with E-state index in [0.29, 0.717) is 6.54 Å². The quantitative estimate of drug-likeness (QED) is 0.901. The van der Waals surface area contributed by atoms with Crippen molar-refractivity contribution in [1.82, 2.24) is 9.80 Å². The molecule has 0 aliphatic carbocycles. The number of benzene rings is 1. The van der Waals surface area contributed by atoms with E-state index in [9.17, 15) is 8.78 Å². The van der Waals surface area contributed by atoms with Crippen molar-refractivity contribution in [3.63, 3.8) is 0 Å². The first-order chi connectivity index (χ1) is 9.13. The minimum absolute atomic E-state index is 0.150. The van der Waals surface area contributed by atoms with Gasteiger partial charge in [-0.2, -0.15) is 0 Å². The maximum atomic E-state index is 13.7. The number of aliphatic hydroxyl groups excluding tert-OH is 1. The summed E-state index contributed by atoms with van der Waals surface area (Å²) in [5.74, 6) is -0.962. The molecule has 19 heavy (non-hydrogen) atoms. The molecule has 0 saturated carbocycles. The molecule has 5 heteroatoms. The molecule has 1 N–H and O–H groups in total. The Morgan fingerprint density at radius 2 is 1.74 bits per heavy atom. The molecule has 1 unspecified atom stereocenters. The standard InChI is InChI=1S/C14H20F2N2O/c1-11(14-12(15)3-2-4-13(14)16)18-7-5-17(6-8-18)9-10-19/h2-4,11,19H,5-10H2,1H3. The molecule has 0 amide bonds. The normalized spacial score (nSPS) is 19.6. The Morgan fingerprint density at radius 1 is 1.16 bits per heavy atom. The molecule has 1 aliphatic heterocycles. The first-order valence-corrected chi connectivity index (χ1v) is 6.64. The molecule has 1 heterocycles. The Bertz CT molecular complexity index is 400. The van der Waals surface area contributed by atoms with E-state index in [0.717, 1.165) is 26.2 Å². The van der Waals surface area contributed by atoms with Crippen molar-refractivity contribution in [2.75, 3.05) is 39.3 Å². The number of piperazine rings is 1. The maximum absolute atomic E-state index is 13.7. The summed E-state index contributed by atoms with van der Waals surface area (Å²) in [4.78, 5) is 4.23. The lowest BCUT2D eigenvalue weighted by Crippen LogP contribution is -2.48. The fraction of sp³-hybridized carbons (Fsp3) is 0.571. The van der Waals surface area contributed by atoms with Crippen LogP contribution < -0.4 is 0 Å². The number of halogens is 2. The lowest BCUT2D eigenvalue weighted by atomic mass is 10.0. The van der Waals surface area contributed by atoms with Crippen LogP contribution in [0.5, 0.6) is 0 Å². The highest BCUT2D eigenvalue weighted by molar-refractivity contribution is 5.23. The summed E-state index contributed by atoms with van der Waals surface area (Å²) in [6.45, 7) is 5.81. The zero-order chi connectivity index (χ0) is 13.8. The summed E-state index contributed by atoms with van der Waals surface area (Å²) in [6, 6.07) is 3.73. The Balaban J connectivity index is 2.03. The Hall–Kier alpha value is -1.04. The van der Waals surface area contributed by atoms with Gasteiger partial charge >= 0.3 is 0 Å². The van der Waals surface area contributed by atoms with Crippen LogP contribution in [0.15, 0.2) is 18.2 Å². The van der Waals surface area contributed by atoms with Gasteiger partial charge < -0.3 is 5.11 Å². The maximum Gasteiger partial charge on any atom is 0.130 e. The van der Waals surface area contributed by atoms with Gasteiger partial charge in [-0.05, 0) is 19.1 Å². The van der Waals surface area contributed by atoms with Crippen molar-refractivity contribution in [3.8, 4) is 0 Å². The molecule has 0 aromatic heterocycles. The predicted octanol–water partition coefficient (Wildman–Crippen LogP) is 1.64. The summed E-state index contributed by atoms with van der Waals surface area (Å²) >= 11 is 0. The van der Waals surface area contributed by atoms with Crippen molar-refractivity contribution in [2.45, 2.75) is 13.0 Å². The predicted molar refractivity (Wildman–Crippen MR) is 69.9 cm³/mol. The van der Waals surface area contributed by atoms with E-state index in [1.807, 2.05) is 6.92 Å². The van der Waals surface area contributed by atoms with Crippen LogP contribution in [0.4, 0.5) is 8.78 Å². The molecular formula is C14H20F2N2O. The second kappa shape index (κ2) is 6.41. The van der Waals surface area contributed by atoms with E-state index >= 15 is 0 Å². The zero-order valence-corrected chi connectivity index (χ0v) is 11.1. The molecular weight excluding hydrogens is 250 g/mol. The van der Waals surface area contributed by atoms with Crippen LogP contribution in [0, 0.1) is 11.6 Å². The Kier molecular flexibility index (Phi) is 4.85. The van der Waals surface area contributed by atoms with Gasteiger partial charge in [0.2, 0.25) is 0 Å². The summed E-state index contributed by atoms with van der Waals surface area (Å²) in [7, 11) is 0. The monoisotopic (exact) mass is 270 g/mol. The van der Waals surface area contributed by atoms with E-state index in [-0.39, 0.29) is 18.2 Å². The number of hydrogen-bond acceptors (Lipinski definition) is 3. The number of aliphatic hydroxyl groups is 1. The van der Waals surface area contributed by atoms with Gasteiger partial charge in [0.25, 0.3) is 0 Å². The molecule has 0 spiro atoms.